The normalized spacial score (nSPS) is 10.8. The van der Waals surface area contributed by atoms with Crippen LogP contribution >= 0.6 is 0 Å². The summed E-state index contributed by atoms with van der Waals surface area (Å²) in [5, 5.41) is 7.46. The van der Waals surface area contributed by atoms with Gasteiger partial charge in [-0.2, -0.15) is 5.10 Å². The number of nitrogens with zero attached hydrogens (tertiary/aromatic N) is 2. The first-order chi connectivity index (χ1) is 12.3. The highest BCUT2D eigenvalue weighted by Gasteiger charge is 2.18. The molecule has 0 saturated heterocycles. The number of nitrogens with one attached hydrogen (secondary N) is 1. The second kappa shape index (κ2) is 8.30. The van der Waals surface area contributed by atoms with Crippen molar-refractivity contribution in [1.29, 1.82) is 0 Å². The highest BCUT2D eigenvalue weighted by molar-refractivity contribution is 5.94. The predicted molar refractivity (Wildman–Crippen MR) is 94.7 cm³/mol. The van der Waals surface area contributed by atoms with E-state index >= 15 is 0 Å². The molecule has 0 radical (unpaired) electrons. The number of hydrogen-bond donors (Lipinski definition) is 1. The van der Waals surface area contributed by atoms with Crippen molar-refractivity contribution in [3.05, 3.63) is 60.5 Å². The number of hydrogen-bond acceptors (Lipinski definition) is 4. The molecular weight excluding hydrogens is 318 g/mol. The quantitative estimate of drug-likeness (QED) is 0.639. The second-order valence-electron chi connectivity index (χ2n) is 5.45. The van der Waals surface area contributed by atoms with Gasteiger partial charge in [0.05, 0.1) is 12.0 Å². The van der Waals surface area contributed by atoms with Crippen molar-refractivity contribution >= 4 is 5.91 Å². The molecule has 0 aliphatic carbocycles. The fourth-order valence-corrected chi connectivity index (χ4v) is 2.46. The molecule has 0 saturated carbocycles. The van der Waals surface area contributed by atoms with Gasteiger partial charge in [0.15, 0.2) is 5.76 Å². The highest BCUT2D eigenvalue weighted by atomic mass is 16.5. The number of ether oxygens (including phenoxy) is 1. The molecule has 0 bridgehead atoms. The molecule has 6 heteroatoms. The smallest absolute Gasteiger partial charge is 0.270 e. The molecule has 2 aromatic heterocycles. The van der Waals surface area contributed by atoms with Crippen molar-refractivity contribution < 1.29 is 13.9 Å². The Kier molecular flexibility index (Phi) is 5.64. The van der Waals surface area contributed by atoms with E-state index in [-0.39, 0.29) is 5.91 Å². The lowest BCUT2D eigenvalue weighted by molar-refractivity contribution is 0.0936. The Hall–Kier alpha value is -2.86. The highest BCUT2D eigenvalue weighted by Crippen LogP contribution is 2.22. The van der Waals surface area contributed by atoms with Crippen LogP contribution in [-0.4, -0.2) is 35.4 Å². The average Bonchev–Trinajstić information content (AvgIpc) is 3.31. The van der Waals surface area contributed by atoms with Gasteiger partial charge in [-0.25, -0.2) is 4.68 Å². The van der Waals surface area contributed by atoms with Gasteiger partial charge >= 0.3 is 0 Å². The van der Waals surface area contributed by atoms with Gasteiger partial charge in [0.25, 0.3) is 5.91 Å². The summed E-state index contributed by atoms with van der Waals surface area (Å²) >= 11 is 0. The first-order valence-electron chi connectivity index (χ1n) is 8.35. The van der Waals surface area contributed by atoms with Crippen molar-refractivity contribution in [2.75, 3.05) is 19.8 Å². The van der Waals surface area contributed by atoms with Gasteiger partial charge in [0, 0.05) is 25.8 Å². The number of aromatic nitrogens is 2. The molecule has 0 atom stereocenters. The number of rotatable bonds is 8. The van der Waals surface area contributed by atoms with E-state index in [9.17, 15) is 4.79 Å². The molecule has 0 spiro atoms. The topological polar surface area (TPSA) is 69.3 Å². The lowest BCUT2D eigenvalue weighted by Crippen LogP contribution is -2.27. The minimum Gasteiger partial charge on any atom is -0.463 e. The summed E-state index contributed by atoms with van der Waals surface area (Å²) in [6, 6.07) is 14.9. The van der Waals surface area contributed by atoms with Gasteiger partial charge in [-0.15, -0.1) is 0 Å². The Morgan fingerprint density at radius 2 is 2.08 bits per heavy atom. The average molecular weight is 339 g/mol. The van der Waals surface area contributed by atoms with Gasteiger partial charge in [-0.1, -0.05) is 18.2 Å². The molecule has 6 nitrogen and oxygen atoms in total. The van der Waals surface area contributed by atoms with E-state index in [0.29, 0.717) is 36.9 Å². The molecule has 0 fully saturated rings. The molecule has 1 N–H and O–H groups in total. The fraction of sp³-hybridized carbons (Fsp3) is 0.263. The van der Waals surface area contributed by atoms with Gasteiger partial charge in [-0.3, -0.25) is 4.79 Å². The molecule has 130 valence electrons. The van der Waals surface area contributed by atoms with Crippen LogP contribution in [0.25, 0.3) is 17.1 Å². The SMILES string of the molecule is CCOCCCNC(=O)c1cc(-c2ccco2)nn1-c1ccccc1. The van der Waals surface area contributed by atoms with Gasteiger partial charge in [-0.05, 0) is 37.6 Å². The zero-order valence-corrected chi connectivity index (χ0v) is 14.1. The Morgan fingerprint density at radius 3 is 2.80 bits per heavy atom. The van der Waals surface area contributed by atoms with Crippen LogP contribution in [-0.2, 0) is 4.74 Å². The molecule has 1 amide bonds. The Bertz CT molecular complexity index is 795. The van der Waals surface area contributed by atoms with E-state index in [2.05, 4.69) is 10.4 Å². The zero-order valence-electron chi connectivity index (χ0n) is 14.1. The largest absolute Gasteiger partial charge is 0.463 e. The first-order valence-corrected chi connectivity index (χ1v) is 8.35. The van der Waals surface area contributed by atoms with Crippen LogP contribution in [0.2, 0.25) is 0 Å². The van der Waals surface area contributed by atoms with Crippen LogP contribution in [0.4, 0.5) is 0 Å². The summed E-state index contributed by atoms with van der Waals surface area (Å²) in [6.07, 6.45) is 2.36. The van der Waals surface area contributed by atoms with Crippen molar-refractivity contribution in [3.63, 3.8) is 0 Å². The summed E-state index contributed by atoms with van der Waals surface area (Å²) < 4.78 is 12.3. The number of benzene rings is 1. The lowest BCUT2D eigenvalue weighted by atomic mass is 10.2. The maximum Gasteiger partial charge on any atom is 0.270 e. The third kappa shape index (κ3) is 4.16. The van der Waals surface area contributed by atoms with E-state index in [1.165, 1.54) is 0 Å². The number of carbonyl (C=O) groups is 1. The number of carbonyl (C=O) groups excluding carboxylic acids is 1. The van der Waals surface area contributed by atoms with Crippen LogP contribution < -0.4 is 5.32 Å². The Labute approximate surface area is 146 Å². The van der Waals surface area contributed by atoms with Crippen LogP contribution in [0.15, 0.2) is 59.2 Å². The molecule has 0 aliphatic heterocycles. The minimum absolute atomic E-state index is 0.175. The summed E-state index contributed by atoms with van der Waals surface area (Å²) in [7, 11) is 0. The summed E-state index contributed by atoms with van der Waals surface area (Å²) in [5.74, 6) is 0.450. The van der Waals surface area contributed by atoms with Crippen molar-refractivity contribution in [1.82, 2.24) is 15.1 Å². The fourth-order valence-electron chi connectivity index (χ4n) is 2.46. The van der Waals surface area contributed by atoms with Gasteiger partial charge in [0.2, 0.25) is 0 Å². The Morgan fingerprint density at radius 1 is 1.24 bits per heavy atom. The molecule has 0 aliphatic rings. The van der Waals surface area contributed by atoms with E-state index < -0.39 is 0 Å². The molecule has 1 aromatic carbocycles. The van der Waals surface area contributed by atoms with Gasteiger partial charge in [0.1, 0.15) is 11.4 Å². The summed E-state index contributed by atoms with van der Waals surface area (Å²) in [6.45, 7) is 3.82. The lowest BCUT2D eigenvalue weighted by Gasteiger charge is -2.08. The minimum atomic E-state index is -0.175. The predicted octanol–water partition coefficient (Wildman–Crippen LogP) is 3.29. The van der Waals surface area contributed by atoms with E-state index in [4.69, 9.17) is 9.15 Å². The van der Waals surface area contributed by atoms with Crippen LogP contribution in [0.5, 0.6) is 0 Å². The van der Waals surface area contributed by atoms with Crippen molar-refractivity contribution in [3.8, 4) is 17.1 Å². The third-order valence-corrected chi connectivity index (χ3v) is 3.67. The monoisotopic (exact) mass is 339 g/mol. The van der Waals surface area contributed by atoms with Crippen LogP contribution in [0.3, 0.4) is 0 Å². The molecule has 25 heavy (non-hydrogen) atoms. The molecule has 3 aromatic rings. The Balaban J connectivity index is 1.82. The standard InChI is InChI=1S/C19H21N3O3/c1-2-24-12-7-11-20-19(23)17-14-16(18-10-6-13-25-18)21-22(17)15-8-4-3-5-9-15/h3-6,8-10,13-14H,2,7,11-12H2,1H3,(H,20,23). The first kappa shape index (κ1) is 17.0. The number of para-hydroxylation sites is 1. The summed E-state index contributed by atoms with van der Waals surface area (Å²) in [4.78, 5) is 12.6. The van der Waals surface area contributed by atoms with Crippen LogP contribution in [0.1, 0.15) is 23.8 Å². The maximum absolute atomic E-state index is 12.6. The van der Waals surface area contributed by atoms with Crippen molar-refractivity contribution in [2.24, 2.45) is 0 Å². The van der Waals surface area contributed by atoms with E-state index in [1.807, 2.05) is 43.3 Å². The molecule has 0 unspecified atom stereocenters. The van der Waals surface area contributed by atoms with Crippen molar-refractivity contribution in [2.45, 2.75) is 13.3 Å². The molecule has 3 rings (SSSR count). The summed E-state index contributed by atoms with van der Waals surface area (Å²) in [5.41, 5.74) is 1.90. The molecular formula is C19H21N3O3. The zero-order chi connectivity index (χ0) is 17.5. The second-order valence-corrected chi connectivity index (χ2v) is 5.45. The third-order valence-electron chi connectivity index (χ3n) is 3.67. The number of amides is 1. The van der Waals surface area contributed by atoms with E-state index in [0.717, 1.165) is 12.1 Å². The van der Waals surface area contributed by atoms with Gasteiger partial charge < -0.3 is 14.5 Å². The number of furan rings is 1. The van der Waals surface area contributed by atoms with Crippen LogP contribution in [0, 0.1) is 0 Å². The maximum atomic E-state index is 12.6. The van der Waals surface area contributed by atoms with E-state index in [1.54, 1.807) is 23.1 Å². The molecule has 2 heterocycles.